The second-order valence-corrected chi connectivity index (χ2v) is 7.92. The minimum absolute atomic E-state index is 0.206. The van der Waals surface area contributed by atoms with Crippen molar-refractivity contribution in [3.05, 3.63) is 71.3 Å². The molecule has 164 valence electrons. The second kappa shape index (κ2) is 10.7. The Kier molecular flexibility index (Phi) is 7.78. The van der Waals surface area contributed by atoms with Crippen molar-refractivity contribution in [3.8, 4) is 0 Å². The quantitative estimate of drug-likeness (QED) is 0.735. The Morgan fingerprint density at radius 2 is 1.39 bits per heavy atom. The Bertz CT molecular complexity index is 895. The lowest BCUT2D eigenvalue weighted by Crippen LogP contribution is -2.44. The van der Waals surface area contributed by atoms with Crippen LogP contribution in [0.25, 0.3) is 0 Å². The van der Waals surface area contributed by atoms with Gasteiger partial charge in [0.15, 0.2) is 0 Å². The molecule has 0 aromatic heterocycles. The van der Waals surface area contributed by atoms with E-state index < -0.39 is 11.9 Å². The average Bonchev–Trinajstić information content (AvgIpc) is 2.80. The molecule has 1 fully saturated rings. The third-order valence-corrected chi connectivity index (χ3v) is 5.81. The number of carbonyl (C=O) groups is 3. The molecule has 2 N–H and O–H groups in total. The van der Waals surface area contributed by atoms with Gasteiger partial charge in [-0.05, 0) is 49.0 Å². The molecule has 0 radical (unpaired) electrons. The Morgan fingerprint density at radius 1 is 0.806 bits per heavy atom. The molecular weight excluding hydrogens is 396 g/mol. The number of amides is 1. The van der Waals surface area contributed by atoms with Gasteiger partial charge in [0.25, 0.3) is 0 Å². The Labute approximate surface area is 181 Å². The van der Waals surface area contributed by atoms with Crippen LogP contribution in [0.4, 0.5) is 0 Å². The van der Waals surface area contributed by atoms with Crippen LogP contribution in [0, 0.1) is 5.92 Å². The number of carboxylic acids is 2. The lowest BCUT2D eigenvalue weighted by Gasteiger charge is -2.36. The van der Waals surface area contributed by atoms with Crippen molar-refractivity contribution >= 4 is 17.8 Å². The van der Waals surface area contributed by atoms with Gasteiger partial charge in [-0.1, -0.05) is 54.6 Å². The van der Waals surface area contributed by atoms with Crippen LogP contribution in [0.15, 0.2) is 54.6 Å². The van der Waals surface area contributed by atoms with Gasteiger partial charge in [0, 0.05) is 25.6 Å². The number of aliphatic carboxylic acids is 2. The Balaban J connectivity index is 0.000000401. The summed E-state index contributed by atoms with van der Waals surface area (Å²) in [5.41, 5.74) is 4.09. The van der Waals surface area contributed by atoms with Gasteiger partial charge in [0.05, 0.1) is 0 Å². The van der Waals surface area contributed by atoms with Crippen molar-refractivity contribution in [3.63, 3.8) is 0 Å². The summed E-state index contributed by atoms with van der Waals surface area (Å²) in [4.78, 5) is 35.7. The van der Waals surface area contributed by atoms with Gasteiger partial charge in [-0.25, -0.2) is 9.59 Å². The first-order valence-electron chi connectivity index (χ1n) is 10.5. The second-order valence-electron chi connectivity index (χ2n) is 7.92. The summed E-state index contributed by atoms with van der Waals surface area (Å²) < 4.78 is 0. The molecule has 2 heterocycles. The maximum atomic E-state index is 12.9. The summed E-state index contributed by atoms with van der Waals surface area (Å²) in [5.74, 6) is -3.07. The molecule has 0 saturated carbocycles. The molecule has 31 heavy (non-hydrogen) atoms. The van der Waals surface area contributed by atoms with Gasteiger partial charge in [-0.15, -0.1) is 0 Å². The Hall–Kier alpha value is -3.19. The van der Waals surface area contributed by atoms with E-state index in [1.807, 2.05) is 0 Å². The van der Waals surface area contributed by atoms with E-state index in [1.54, 1.807) is 0 Å². The molecule has 2 aliphatic rings. The lowest BCUT2D eigenvalue weighted by atomic mass is 9.93. The van der Waals surface area contributed by atoms with Gasteiger partial charge < -0.3 is 15.1 Å². The molecule has 4 rings (SSSR count). The molecule has 0 bridgehead atoms. The third kappa shape index (κ3) is 6.39. The van der Waals surface area contributed by atoms with Crippen molar-refractivity contribution in [1.29, 1.82) is 0 Å². The van der Waals surface area contributed by atoms with E-state index in [0.717, 1.165) is 52.0 Å². The zero-order chi connectivity index (χ0) is 22.2. The first kappa shape index (κ1) is 22.5. The maximum absolute atomic E-state index is 12.9. The number of piperidine rings is 1. The van der Waals surface area contributed by atoms with Gasteiger partial charge in [0.2, 0.25) is 5.91 Å². The summed E-state index contributed by atoms with van der Waals surface area (Å²) in [6.45, 7) is 4.71. The number of hydrogen-bond acceptors (Lipinski definition) is 4. The van der Waals surface area contributed by atoms with E-state index in [9.17, 15) is 4.79 Å². The number of carbonyl (C=O) groups excluding carboxylic acids is 1. The monoisotopic (exact) mass is 424 g/mol. The van der Waals surface area contributed by atoms with Crippen molar-refractivity contribution in [2.75, 3.05) is 19.6 Å². The van der Waals surface area contributed by atoms with Crippen LogP contribution >= 0.6 is 0 Å². The van der Waals surface area contributed by atoms with Crippen molar-refractivity contribution in [2.45, 2.75) is 32.4 Å². The number of likely N-dealkylation sites (tertiary alicyclic amines) is 1. The molecule has 2 aliphatic heterocycles. The first-order chi connectivity index (χ1) is 14.9. The van der Waals surface area contributed by atoms with Crippen LogP contribution in [0.5, 0.6) is 0 Å². The van der Waals surface area contributed by atoms with Gasteiger partial charge >= 0.3 is 11.9 Å². The number of hydrogen-bond donors (Lipinski definition) is 2. The zero-order valence-corrected chi connectivity index (χ0v) is 17.4. The standard InChI is InChI=1S/C22H26N2O.C2H2O4/c25-22(24-15-12-19-8-4-5-9-21(19)17-24)20-10-13-23(14-11-20)16-18-6-2-1-3-7-18;3-1(4)2(5)6/h1-9,20H,10-17H2;(H,3,4)(H,5,6). The van der Waals surface area contributed by atoms with E-state index in [1.165, 1.54) is 16.7 Å². The predicted molar refractivity (Wildman–Crippen MR) is 115 cm³/mol. The minimum atomic E-state index is -1.82. The average molecular weight is 424 g/mol. The van der Waals surface area contributed by atoms with Gasteiger partial charge in [-0.2, -0.15) is 0 Å². The summed E-state index contributed by atoms with van der Waals surface area (Å²) in [7, 11) is 0. The number of nitrogens with zero attached hydrogens (tertiary/aromatic N) is 2. The highest BCUT2D eigenvalue weighted by molar-refractivity contribution is 6.27. The zero-order valence-electron chi connectivity index (χ0n) is 17.4. The molecular formula is C24H28N2O5. The normalized spacial score (nSPS) is 16.6. The third-order valence-electron chi connectivity index (χ3n) is 5.81. The Morgan fingerprint density at radius 3 is 2.00 bits per heavy atom. The van der Waals surface area contributed by atoms with Gasteiger partial charge in [-0.3, -0.25) is 9.69 Å². The fraction of sp³-hybridized carbons (Fsp3) is 0.375. The summed E-state index contributed by atoms with van der Waals surface area (Å²) in [5, 5.41) is 14.8. The van der Waals surface area contributed by atoms with Crippen molar-refractivity contribution in [1.82, 2.24) is 9.80 Å². The molecule has 1 amide bonds. The van der Waals surface area contributed by atoms with Crippen LogP contribution in [0.2, 0.25) is 0 Å². The molecule has 0 spiro atoms. The molecule has 2 aromatic carbocycles. The fourth-order valence-electron chi connectivity index (χ4n) is 4.12. The smallest absolute Gasteiger partial charge is 0.414 e. The highest BCUT2D eigenvalue weighted by Gasteiger charge is 2.30. The maximum Gasteiger partial charge on any atom is 0.414 e. The molecule has 0 aliphatic carbocycles. The predicted octanol–water partition coefficient (Wildman–Crippen LogP) is 2.64. The number of fused-ring (bicyclic) bond motifs is 1. The van der Waals surface area contributed by atoms with E-state index in [-0.39, 0.29) is 5.92 Å². The van der Waals surface area contributed by atoms with Crippen LogP contribution in [-0.2, 0) is 33.9 Å². The highest BCUT2D eigenvalue weighted by Crippen LogP contribution is 2.25. The molecule has 7 heteroatoms. The number of rotatable bonds is 3. The summed E-state index contributed by atoms with van der Waals surface area (Å²) in [6, 6.07) is 19.2. The van der Waals surface area contributed by atoms with E-state index in [2.05, 4.69) is 64.4 Å². The van der Waals surface area contributed by atoms with Gasteiger partial charge in [0.1, 0.15) is 0 Å². The SMILES string of the molecule is O=C(C1CCN(Cc2ccccc2)CC1)N1CCc2ccccc2C1.O=C(O)C(=O)O. The fourth-order valence-corrected chi connectivity index (χ4v) is 4.12. The van der Waals surface area contributed by atoms with Crippen molar-refractivity contribution in [2.24, 2.45) is 5.92 Å². The molecule has 1 saturated heterocycles. The highest BCUT2D eigenvalue weighted by atomic mass is 16.4. The van der Waals surface area contributed by atoms with E-state index in [0.29, 0.717) is 5.91 Å². The lowest BCUT2D eigenvalue weighted by molar-refractivity contribution is -0.159. The largest absolute Gasteiger partial charge is 0.473 e. The number of benzene rings is 2. The minimum Gasteiger partial charge on any atom is -0.473 e. The first-order valence-corrected chi connectivity index (χ1v) is 10.5. The molecule has 0 unspecified atom stereocenters. The van der Waals surface area contributed by atoms with Crippen LogP contribution < -0.4 is 0 Å². The molecule has 7 nitrogen and oxygen atoms in total. The van der Waals surface area contributed by atoms with E-state index >= 15 is 0 Å². The number of carboxylic acid groups (broad SMARTS) is 2. The topological polar surface area (TPSA) is 98.2 Å². The molecule has 2 aromatic rings. The summed E-state index contributed by atoms with van der Waals surface area (Å²) in [6.07, 6.45) is 2.97. The summed E-state index contributed by atoms with van der Waals surface area (Å²) >= 11 is 0. The van der Waals surface area contributed by atoms with Crippen LogP contribution in [0.1, 0.15) is 29.5 Å². The van der Waals surface area contributed by atoms with Crippen LogP contribution in [0.3, 0.4) is 0 Å². The van der Waals surface area contributed by atoms with E-state index in [4.69, 9.17) is 19.8 Å². The molecule has 0 atom stereocenters. The van der Waals surface area contributed by atoms with Crippen molar-refractivity contribution < 1.29 is 24.6 Å². The van der Waals surface area contributed by atoms with Crippen LogP contribution in [-0.4, -0.2) is 57.5 Å².